The van der Waals surface area contributed by atoms with Crippen LogP contribution in [0.3, 0.4) is 0 Å². The molecule has 1 aliphatic rings. The first-order valence-electron chi connectivity index (χ1n) is 9.88. The number of para-hydroxylation sites is 1. The number of nitrogens with zero attached hydrogens (tertiary/aromatic N) is 7. The van der Waals surface area contributed by atoms with Crippen LogP contribution in [0.5, 0.6) is 0 Å². The molecule has 0 saturated carbocycles. The third-order valence-corrected chi connectivity index (χ3v) is 5.56. The maximum absolute atomic E-state index is 13.2. The zero-order valence-electron chi connectivity index (χ0n) is 16.5. The summed E-state index contributed by atoms with van der Waals surface area (Å²) in [6.45, 7) is 2.39. The summed E-state index contributed by atoms with van der Waals surface area (Å²) < 4.78 is 1.71. The summed E-state index contributed by atoms with van der Waals surface area (Å²) in [5.74, 6) is 0.615. The number of rotatable bonds is 4. The number of halogens is 1. The van der Waals surface area contributed by atoms with E-state index in [0.29, 0.717) is 48.4 Å². The molecular weight excluding hydrogens is 416 g/mol. The molecular formula is C21H19ClN8O. The second-order valence-corrected chi connectivity index (χ2v) is 7.61. The van der Waals surface area contributed by atoms with Gasteiger partial charge >= 0.3 is 0 Å². The Hall–Kier alpha value is -3.72. The van der Waals surface area contributed by atoms with Crippen LogP contribution in [-0.2, 0) is 0 Å². The first-order valence-corrected chi connectivity index (χ1v) is 10.3. The molecule has 0 aliphatic carbocycles. The van der Waals surface area contributed by atoms with Crippen molar-refractivity contribution in [3.8, 4) is 16.9 Å². The normalized spacial score (nSPS) is 14.1. The van der Waals surface area contributed by atoms with Crippen molar-refractivity contribution in [3.63, 3.8) is 0 Å². The van der Waals surface area contributed by atoms with Gasteiger partial charge in [-0.2, -0.15) is 9.78 Å². The van der Waals surface area contributed by atoms with E-state index < -0.39 is 0 Å². The quantitative estimate of drug-likeness (QED) is 0.530. The molecule has 0 radical (unpaired) electrons. The minimum Gasteiger partial charge on any atom is -0.336 e. The Kier molecular flexibility index (Phi) is 5.09. The van der Waals surface area contributed by atoms with E-state index in [1.54, 1.807) is 23.0 Å². The standard InChI is InChI=1S/C21H19ClN8O/c22-16-8-6-15(7-9-16)19-18(14-23-24-19)20(31)28-10-12-29(13-11-28)21-25-26-27-30(21)17-4-2-1-3-5-17/h1-9,14H,10-13H2,(H,23,24). The molecule has 2 aromatic heterocycles. The summed E-state index contributed by atoms with van der Waals surface area (Å²) >= 11 is 5.98. The van der Waals surface area contributed by atoms with Gasteiger partial charge in [-0.3, -0.25) is 9.89 Å². The van der Waals surface area contributed by atoms with Gasteiger partial charge in [-0.15, -0.1) is 0 Å². The number of amides is 1. The van der Waals surface area contributed by atoms with E-state index in [1.807, 2.05) is 47.4 Å². The SMILES string of the molecule is O=C(c1cn[nH]c1-c1ccc(Cl)cc1)N1CCN(c2nnnn2-c2ccccc2)CC1. The highest BCUT2D eigenvalue weighted by atomic mass is 35.5. The summed E-state index contributed by atoms with van der Waals surface area (Å²) in [4.78, 5) is 17.1. The van der Waals surface area contributed by atoms with Crippen molar-refractivity contribution in [1.29, 1.82) is 0 Å². The van der Waals surface area contributed by atoms with Gasteiger partial charge in [0, 0.05) is 36.8 Å². The molecule has 1 amide bonds. The molecule has 4 aromatic rings. The number of hydrogen-bond acceptors (Lipinski definition) is 6. The topological polar surface area (TPSA) is 95.8 Å². The molecule has 0 bridgehead atoms. The van der Waals surface area contributed by atoms with Crippen LogP contribution >= 0.6 is 11.6 Å². The number of hydrogen-bond donors (Lipinski definition) is 1. The van der Waals surface area contributed by atoms with Crippen LogP contribution in [0.25, 0.3) is 16.9 Å². The number of carbonyl (C=O) groups excluding carboxylic acids is 1. The Labute approximate surface area is 183 Å². The van der Waals surface area contributed by atoms with E-state index in [2.05, 4.69) is 30.6 Å². The van der Waals surface area contributed by atoms with Crippen LogP contribution in [0, 0.1) is 0 Å². The van der Waals surface area contributed by atoms with Crippen molar-refractivity contribution in [3.05, 3.63) is 71.4 Å². The molecule has 0 spiro atoms. The smallest absolute Gasteiger partial charge is 0.257 e. The number of tetrazole rings is 1. The van der Waals surface area contributed by atoms with Gasteiger partial charge in [0.15, 0.2) is 0 Å². The van der Waals surface area contributed by atoms with Crippen molar-refractivity contribution < 1.29 is 4.79 Å². The summed E-state index contributed by atoms with van der Waals surface area (Å²) in [6.07, 6.45) is 1.58. The zero-order valence-corrected chi connectivity index (χ0v) is 17.3. The van der Waals surface area contributed by atoms with Crippen molar-refractivity contribution >= 4 is 23.5 Å². The average molecular weight is 435 g/mol. The third kappa shape index (κ3) is 3.75. The van der Waals surface area contributed by atoms with Crippen LogP contribution in [0.2, 0.25) is 5.02 Å². The van der Waals surface area contributed by atoms with Gasteiger partial charge in [-0.25, -0.2) is 0 Å². The average Bonchev–Trinajstić information content (AvgIpc) is 3.50. The van der Waals surface area contributed by atoms with Crippen molar-refractivity contribution in [2.24, 2.45) is 0 Å². The molecule has 0 unspecified atom stereocenters. The van der Waals surface area contributed by atoms with Crippen LogP contribution in [-0.4, -0.2) is 67.4 Å². The van der Waals surface area contributed by atoms with Gasteiger partial charge in [0.25, 0.3) is 5.91 Å². The Balaban J connectivity index is 1.30. The van der Waals surface area contributed by atoms with Gasteiger partial charge in [0.1, 0.15) is 0 Å². The molecule has 1 saturated heterocycles. The van der Waals surface area contributed by atoms with E-state index >= 15 is 0 Å². The van der Waals surface area contributed by atoms with Crippen LogP contribution < -0.4 is 4.90 Å². The number of aromatic nitrogens is 6. The highest BCUT2D eigenvalue weighted by Gasteiger charge is 2.27. The highest BCUT2D eigenvalue weighted by molar-refractivity contribution is 6.30. The lowest BCUT2D eigenvalue weighted by atomic mass is 10.1. The first kappa shape index (κ1) is 19.3. The molecule has 31 heavy (non-hydrogen) atoms. The van der Waals surface area contributed by atoms with E-state index in [4.69, 9.17) is 11.6 Å². The minimum absolute atomic E-state index is 0.0546. The summed E-state index contributed by atoms with van der Waals surface area (Å²) in [5, 5.41) is 19.8. The maximum Gasteiger partial charge on any atom is 0.257 e. The molecule has 5 rings (SSSR count). The Morgan fingerprint density at radius 2 is 1.71 bits per heavy atom. The van der Waals surface area contributed by atoms with Crippen molar-refractivity contribution in [2.45, 2.75) is 0 Å². The number of anilines is 1. The zero-order chi connectivity index (χ0) is 21.2. The second-order valence-electron chi connectivity index (χ2n) is 7.17. The predicted octanol–water partition coefficient (Wildman–Crippen LogP) is 2.67. The van der Waals surface area contributed by atoms with E-state index in [0.717, 1.165) is 11.3 Å². The van der Waals surface area contributed by atoms with Gasteiger partial charge in [0.05, 0.1) is 23.1 Å². The monoisotopic (exact) mass is 434 g/mol. The lowest BCUT2D eigenvalue weighted by Crippen LogP contribution is -2.49. The summed E-state index contributed by atoms with van der Waals surface area (Å²) in [7, 11) is 0. The Bertz CT molecular complexity index is 1180. The predicted molar refractivity (Wildman–Crippen MR) is 116 cm³/mol. The maximum atomic E-state index is 13.2. The third-order valence-electron chi connectivity index (χ3n) is 5.31. The Morgan fingerprint density at radius 1 is 0.968 bits per heavy atom. The molecule has 1 N–H and O–H groups in total. The Morgan fingerprint density at radius 3 is 2.45 bits per heavy atom. The molecule has 156 valence electrons. The molecule has 10 heteroatoms. The van der Waals surface area contributed by atoms with Gasteiger partial charge < -0.3 is 9.80 Å². The number of piperazine rings is 1. The van der Waals surface area contributed by atoms with Crippen LogP contribution in [0.15, 0.2) is 60.8 Å². The molecule has 1 aliphatic heterocycles. The molecule has 2 aromatic carbocycles. The summed E-state index contributed by atoms with van der Waals surface area (Å²) in [6, 6.07) is 17.1. The number of benzene rings is 2. The number of nitrogens with one attached hydrogen (secondary N) is 1. The summed E-state index contributed by atoms with van der Waals surface area (Å²) in [5.41, 5.74) is 3.00. The molecule has 9 nitrogen and oxygen atoms in total. The van der Waals surface area contributed by atoms with Crippen molar-refractivity contribution in [2.75, 3.05) is 31.1 Å². The molecule has 3 heterocycles. The number of carbonyl (C=O) groups is 1. The largest absolute Gasteiger partial charge is 0.336 e. The minimum atomic E-state index is -0.0546. The fraction of sp³-hybridized carbons (Fsp3) is 0.190. The number of aromatic amines is 1. The van der Waals surface area contributed by atoms with E-state index in [-0.39, 0.29) is 5.91 Å². The fourth-order valence-electron chi connectivity index (χ4n) is 3.68. The number of H-pyrrole nitrogens is 1. The van der Waals surface area contributed by atoms with Crippen molar-refractivity contribution in [1.82, 2.24) is 35.3 Å². The second kappa shape index (κ2) is 8.19. The highest BCUT2D eigenvalue weighted by Crippen LogP contribution is 2.25. The van der Waals surface area contributed by atoms with Crippen LogP contribution in [0.4, 0.5) is 5.95 Å². The van der Waals surface area contributed by atoms with Crippen LogP contribution in [0.1, 0.15) is 10.4 Å². The molecule has 1 fully saturated rings. The van der Waals surface area contributed by atoms with E-state index in [1.165, 1.54) is 0 Å². The molecule has 0 atom stereocenters. The van der Waals surface area contributed by atoms with E-state index in [9.17, 15) is 4.79 Å². The van der Waals surface area contributed by atoms with Gasteiger partial charge in [-0.1, -0.05) is 47.0 Å². The fourth-order valence-corrected chi connectivity index (χ4v) is 3.81. The lowest BCUT2D eigenvalue weighted by molar-refractivity contribution is 0.0747. The lowest BCUT2D eigenvalue weighted by Gasteiger charge is -2.34. The van der Waals surface area contributed by atoms with Gasteiger partial charge in [-0.05, 0) is 34.7 Å². The van der Waals surface area contributed by atoms with Gasteiger partial charge in [0.2, 0.25) is 5.95 Å². The first-order chi connectivity index (χ1) is 15.2.